The molecule has 2 N–H and O–H groups in total. The van der Waals surface area contributed by atoms with Crippen LogP contribution in [0, 0.1) is 11.6 Å². The quantitative estimate of drug-likeness (QED) is 0.609. The van der Waals surface area contributed by atoms with E-state index in [1.54, 1.807) is 0 Å². The Kier molecular flexibility index (Phi) is 8.28. The summed E-state index contributed by atoms with van der Waals surface area (Å²) in [5, 5.41) is 0. The zero-order chi connectivity index (χ0) is 15.7. The van der Waals surface area contributed by atoms with Crippen LogP contribution in [0.5, 0.6) is 5.75 Å². The van der Waals surface area contributed by atoms with E-state index in [1.165, 1.54) is 51.3 Å². The Balaban J connectivity index is 2.40. The zero-order valence-corrected chi connectivity index (χ0v) is 13.1. The molecule has 1 aromatic rings. The number of methoxy groups -OCH3 is 1. The van der Waals surface area contributed by atoms with Gasteiger partial charge >= 0.3 is 0 Å². The van der Waals surface area contributed by atoms with Crippen molar-refractivity contribution < 1.29 is 13.5 Å². The summed E-state index contributed by atoms with van der Waals surface area (Å²) >= 11 is 0. The van der Waals surface area contributed by atoms with E-state index in [-0.39, 0.29) is 11.3 Å². The molecule has 0 aliphatic carbocycles. The molecule has 0 amide bonds. The Morgan fingerprint density at radius 1 is 1.00 bits per heavy atom. The first-order valence-corrected chi connectivity index (χ1v) is 7.88. The maximum atomic E-state index is 13.9. The summed E-state index contributed by atoms with van der Waals surface area (Å²) in [7, 11) is 1.38. The Morgan fingerprint density at radius 2 is 1.52 bits per heavy atom. The first-order valence-electron chi connectivity index (χ1n) is 7.88. The highest BCUT2D eigenvalue weighted by Crippen LogP contribution is 2.27. The second kappa shape index (κ2) is 9.72. The fourth-order valence-electron chi connectivity index (χ4n) is 2.50. The summed E-state index contributed by atoms with van der Waals surface area (Å²) in [6.45, 7) is 2.19. The predicted octanol–water partition coefficient (Wildman–Crippen LogP) is 5.11. The number of rotatable bonds is 10. The normalized spacial score (nSPS) is 12.4. The van der Waals surface area contributed by atoms with Gasteiger partial charge in [-0.2, -0.15) is 0 Å². The largest absolute Gasteiger partial charge is 0.497 e. The maximum absolute atomic E-state index is 13.9. The van der Waals surface area contributed by atoms with E-state index in [0.717, 1.165) is 12.8 Å². The van der Waals surface area contributed by atoms with Gasteiger partial charge < -0.3 is 10.5 Å². The lowest BCUT2D eigenvalue weighted by atomic mass is 9.99. The van der Waals surface area contributed by atoms with Crippen LogP contribution in [0.2, 0.25) is 0 Å². The van der Waals surface area contributed by atoms with E-state index in [1.807, 2.05) is 0 Å². The van der Waals surface area contributed by atoms with Crippen molar-refractivity contribution in [2.45, 2.75) is 64.3 Å². The van der Waals surface area contributed by atoms with Crippen molar-refractivity contribution in [1.29, 1.82) is 0 Å². The molecule has 2 nitrogen and oxygen atoms in total. The summed E-state index contributed by atoms with van der Waals surface area (Å²) in [5.41, 5.74) is 5.90. The molecule has 0 aliphatic rings. The third-order valence-electron chi connectivity index (χ3n) is 3.78. The molecule has 1 aromatic carbocycles. The Labute approximate surface area is 126 Å². The van der Waals surface area contributed by atoms with Crippen molar-refractivity contribution in [1.82, 2.24) is 0 Å². The van der Waals surface area contributed by atoms with Crippen molar-refractivity contribution >= 4 is 0 Å². The van der Waals surface area contributed by atoms with Crippen LogP contribution in [-0.2, 0) is 0 Å². The lowest BCUT2D eigenvalue weighted by Gasteiger charge is -2.15. The molecule has 1 rings (SSSR count). The van der Waals surface area contributed by atoms with Crippen LogP contribution in [0.3, 0.4) is 0 Å². The topological polar surface area (TPSA) is 35.2 Å². The predicted molar refractivity (Wildman–Crippen MR) is 82.4 cm³/mol. The van der Waals surface area contributed by atoms with Crippen molar-refractivity contribution in [3.8, 4) is 5.75 Å². The second-order valence-corrected chi connectivity index (χ2v) is 5.52. The average molecular weight is 299 g/mol. The molecule has 0 heterocycles. The summed E-state index contributed by atoms with van der Waals surface area (Å²) < 4.78 is 32.6. The third kappa shape index (κ3) is 6.00. The minimum absolute atomic E-state index is 0.0261. The van der Waals surface area contributed by atoms with E-state index in [2.05, 4.69) is 6.92 Å². The second-order valence-electron chi connectivity index (χ2n) is 5.52. The van der Waals surface area contributed by atoms with E-state index < -0.39 is 17.7 Å². The molecule has 1 atom stereocenters. The summed E-state index contributed by atoms with van der Waals surface area (Å²) in [6.07, 6.45) is 8.75. The molecule has 0 bridgehead atoms. The first-order chi connectivity index (χ1) is 10.1. The Hall–Kier alpha value is -1.16. The van der Waals surface area contributed by atoms with Crippen molar-refractivity contribution in [2.75, 3.05) is 7.11 Å². The lowest BCUT2D eigenvalue weighted by Crippen LogP contribution is -2.14. The molecule has 0 radical (unpaired) electrons. The van der Waals surface area contributed by atoms with Gasteiger partial charge in [0.15, 0.2) is 0 Å². The summed E-state index contributed by atoms with van der Waals surface area (Å²) in [5.74, 6) is -1.07. The highest BCUT2D eigenvalue weighted by atomic mass is 19.1. The number of unbranched alkanes of at least 4 members (excludes halogenated alkanes) is 6. The van der Waals surface area contributed by atoms with Gasteiger partial charge in [0.05, 0.1) is 7.11 Å². The minimum Gasteiger partial charge on any atom is -0.497 e. The van der Waals surface area contributed by atoms with E-state index in [0.29, 0.717) is 6.42 Å². The molecule has 4 heteroatoms. The molecule has 1 unspecified atom stereocenters. The highest BCUT2D eigenvalue weighted by Gasteiger charge is 2.18. The molecular weight excluding hydrogens is 272 g/mol. The van der Waals surface area contributed by atoms with Gasteiger partial charge in [0.25, 0.3) is 0 Å². The van der Waals surface area contributed by atoms with Gasteiger partial charge in [-0.05, 0) is 6.42 Å². The fourth-order valence-corrected chi connectivity index (χ4v) is 2.50. The number of halogens is 2. The number of hydrogen-bond acceptors (Lipinski definition) is 2. The van der Waals surface area contributed by atoms with E-state index in [9.17, 15) is 8.78 Å². The van der Waals surface area contributed by atoms with Gasteiger partial charge in [-0.15, -0.1) is 0 Å². The lowest BCUT2D eigenvalue weighted by molar-refractivity contribution is 0.402. The zero-order valence-electron chi connectivity index (χ0n) is 13.1. The SMILES string of the molecule is CCCCCCCCCC(N)c1c(F)cc(OC)cc1F. The van der Waals surface area contributed by atoms with Crippen LogP contribution in [0.1, 0.15) is 69.9 Å². The number of hydrogen-bond donors (Lipinski definition) is 1. The first kappa shape index (κ1) is 17.9. The van der Waals surface area contributed by atoms with Gasteiger partial charge in [-0.25, -0.2) is 8.78 Å². The molecule has 21 heavy (non-hydrogen) atoms. The van der Waals surface area contributed by atoms with Crippen LogP contribution in [0.4, 0.5) is 8.78 Å². The number of benzene rings is 1. The molecular formula is C17H27F2NO. The van der Waals surface area contributed by atoms with Gasteiger partial charge in [0.1, 0.15) is 17.4 Å². The smallest absolute Gasteiger partial charge is 0.134 e. The van der Waals surface area contributed by atoms with Gasteiger partial charge in [0, 0.05) is 23.7 Å². The maximum Gasteiger partial charge on any atom is 0.134 e. The van der Waals surface area contributed by atoms with Gasteiger partial charge in [0.2, 0.25) is 0 Å². The van der Waals surface area contributed by atoms with Crippen LogP contribution in [0.25, 0.3) is 0 Å². The molecule has 0 aromatic heterocycles. The van der Waals surface area contributed by atoms with Crippen molar-refractivity contribution in [3.63, 3.8) is 0 Å². The van der Waals surface area contributed by atoms with Crippen LogP contribution in [-0.4, -0.2) is 7.11 Å². The molecule has 0 spiro atoms. The Bertz CT molecular complexity index is 400. The molecule has 0 saturated heterocycles. The van der Waals surface area contributed by atoms with E-state index >= 15 is 0 Å². The van der Waals surface area contributed by atoms with Crippen LogP contribution >= 0.6 is 0 Å². The number of ether oxygens (including phenoxy) is 1. The standard InChI is InChI=1S/C17H27F2NO/c1-3-4-5-6-7-8-9-10-16(20)17-14(18)11-13(21-2)12-15(17)19/h11-12,16H,3-10,20H2,1-2H3. The Morgan fingerprint density at radius 3 is 2.05 bits per heavy atom. The highest BCUT2D eigenvalue weighted by molar-refractivity contribution is 5.32. The fraction of sp³-hybridized carbons (Fsp3) is 0.647. The average Bonchev–Trinajstić information content (AvgIpc) is 2.45. The summed E-state index contributed by atoms with van der Waals surface area (Å²) in [4.78, 5) is 0. The molecule has 120 valence electrons. The molecule has 0 fully saturated rings. The minimum atomic E-state index is -0.623. The number of nitrogens with two attached hydrogens (primary N) is 1. The molecule has 0 aliphatic heterocycles. The van der Waals surface area contributed by atoms with Crippen LogP contribution < -0.4 is 10.5 Å². The third-order valence-corrected chi connectivity index (χ3v) is 3.78. The van der Waals surface area contributed by atoms with Crippen molar-refractivity contribution in [2.24, 2.45) is 5.73 Å². The van der Waals surface area contributed by atoms with Crippen molar-refractivity contribution in [3.05, 3.63) is 29.3 Å². The summed E-state index contributed by atoms with van der Waals surface area (Å²) in [6, 6.07) is 1.78. The monoisotopic (exact) mass is 299 g/mol. The van der Waals surface area contributed by atoms with E-state index in [4.69, 9.17) is 10.5 Å². The molecule has 0 saturated carbocycles. The van der Waals surface area contributed by atoms with Gasteiger partial charge in [-0.3, -0.25) is 0 Å². The van der Waals surface area contributed by atoms with Crippen LogP contribution in [0.15, 0.2) is 12.1 Å². The van der Waals surface area contributed by atoms with Gasteiger partial charge in [-0.1, -0.05) is 51.9 Å².